The van der Waals surface area contributed by atoms with Crippen molar-refractivity contribution in [2.75, 3.05) is 24.7 Å². The maximum absolute atomic E-state index is 10.4. The van der Waals surface area contributed by atoms with E-state index >= 15 is 0 Å². The zero-order valence-electron chi connectivity index (χ0n) is 10.3. The Balaban J connectivity index is 3.34. The quantitative estimate of drug-likeness (QED) is 0.476. The van der Waals surface area contributed by atoms with E-state index in [0.717, 1.165) is 19.3 Å². The Morgan fingerprint density at radius 3 is 2.71 bits per heavy atom. The van der Waals surface area contributed by atoms with Crippen molar-refractivity contribution in [3.8, 4) is 0 Å². The summed E-state index contributed by atoms with van der Waals surface area (Å²) in [5.74, 6) is -0.250. The number of aliphatic hydroxyl groups is 1. The number of aliphatic hydroxyl groups excluding tert-OH is 1. The predicted octanol–water partition coefficient (Wildman–Crippen LogP) is 0.699. The maximum atomic E-state index is 10.4. The molecule has 5 nitrogen and oxygen atoms in total. The fraction of sp³-hybridized carbons (Fsp3) is 0.909. The lowest BCUT2D eigenvalue weighted by Crippen LogP contribution is -2.33. The van der Waals surface area contributed by atoms with E-state index in [9.17, 15) is 9.90 Å². The van der Waals surface area contributed by atoms with Gasteiger partial charge in [0, 0.05) is 18.1 Å². The number of nitrogens with two attached hydrogens (primary N) is 1. The standard InChI is InChI=1S/C11H23NO4S/c1-2-3-4-5-16-6-9(13)7-17-8-10(12)11(14)15/h9-10,13H,2-8,12H2,1H3,(H,14,15)/t9-,10?/m0/s1. The van der Waals surface area contributed by atoms with Crippen LogP contribution < -0.4 is 5.73 Å². The third kappa shape index (κ3) is 10.6. The number of carboxylic acid groups (broad SMARTS) is 1. The van der Waals surface area contributed by atoms with Gasteiger partial charge in [-0.2, -0.15) is 11.8 Å². The van der Waals surface area contributed by atoms with Crippen molar-refractivity contribution in [2.45, 2.75) is 38.3 Å². The fourth-order valence-corrected chi connectivity index (χ4v) is 2.02. The molecule has 0 saturated carbocycles. The number of hydrogen-bond acceptors (Lipinski definition) is 5. The highest BCUT2D eigenvalue weighted by atomic mass is 32.2. The molecule has 0 aliphatic heterocycles. The first-order valence-corrected chi connectivity index (χ1v) is 7.05. The van der Waals surface area contributed by atoms with E-state index in [2.05, 4.69) is 6.92 Å². The molecule has 6 heteroatoms. The molecule has 0 rings (SSSR count). The molecule has 0 aromatic heterocycles. The zero-order chi connectivity index (χ0) is 13.1. The summed E-state index contributed by atoms with van der Waals surface area (Å²) in [6.45, 7) is 3.10. The van der Waals surface area contributed by atoms with Gasteiger partial charge in [0.25, 0.3) is 0 Å². The van der Waals surface area contributed by atoms with E-state index in [0.29, 0.717) is 24.7 Å². The third-order valence-corrected chi connectivity index (χ3v) is 3.34. The average molecular weight is 265 g/mol. The van der Waals surface area contributed by atoms with Crippen LogP contribution in [-0.2, 0) is 9.53 Å². The summed E-state index contributed by atoms with van der Waals surface area (Å²) >= 11 is 1.33. The predicted molar refractivity (Wildman–Crippen MR) is 69.3 cm³/mol. The largest absolute Gasteiger partial charge is 0.480 e. The fourth-order valence-electron chi connectivity index (χ4n) is 1.12. The number of aliphatic carboxylic acids is 1. The Morgan fingerprint density at radius 2 is 2.12 bits per heavy atom. The van der Waals surface area contributed by atoms with Crippen LogP contribution in [0.2, 0.25) is 0 Å². The molecule has 0 fully saturated rings. The Labute approximate surface area is 107 Å². The molecule has 0 saturated heterocycles. The molecule has 4 N–H and O–H groups in total. The SMILES string of the molecule is CCCCCOC[C@H](O)CSCC(N)C(=O)O. The summed E-state index contributed by atoms with van der Waals surface area (Å²) in [6, 6.07) is -0.863. The highest BCUT2D eigenvalue weighted by Gasteiger charge is 2.12. The number of ether oxygens (including phenoxy) is 1. The molecule has 0 aliphatic rings. The molecule has 0 aromatic carbocycles. The summed E-state index contributed by atoms with van der Waals surface area (Å²) in [6.07, 6.45) is 2.75. The number of unbranched alkanes of at least 4 members (excludes halogenated alkanes) is 2. The molecule has 0 amide bonds. The van der Waals surface area contributed by atoms with Gasteiger partial charge in [-0.05, 0) is 6.42 Å². The Kier molecular flexibility index (Phi) is 10.6. The molecule has 1 unspecified atom stereocenters. The van der Waals surface area contributed by atoms with Crippen molar-refractivity contribution in [3.63, 3.8) is 0 Å². The van der Waals surface area contributed by atoms with Gasteiger partial charge in [0.05, 0.1) is 12.7 Å². The minimum atomic E-state index is -1.01. The van der Waals surface area contributed by atoms with E-state index in [4.69, 9.17) is 15.6 Å². The van der Waals surface area contributed by atoms with E-state index in [1.807, 2.05) is 0 Å². The van der Waals surface area contributed by atoms with Gasteiger partial charge in [0.1, 0.15) is 6.04 Å². The molecule has 0 bridgehead atoms. The first-order chi connectivity index (χ1) is 8.07. The normalized spacial score (nSPS) is 14.5. The third-order valence-electron chi connectivity index (χ3n) is 2.13. The lowest BCUT2D eigenvalue weighted by Gasteiger charge is -2.12. The Bertz CT molecular complexity index is 204. The van der Waals surface area contributed by atoms with E-state index in [-0.39, 0.29) is 0 Å². The van der Waals surface area contributed by atoms with Crippen LogP contribution in [0.4, 0.5) is 0 Å². The van der Waals surface area contributed by atoms with Crippen LogP contribution in [0.5, 0.6) is 0 Å². The number of hydrogen-bond donors (Lipinski definition) is 3. The van der Waals surface area contributed by atoms with E-state index < -0.39 is 18.1 Å². The van der Waals surface area contributed by atoms with E-state index in [1.165, 1.54) is 11.8 Å². The molecule has 0 aliphatic carbocycles. The van der Waals surface area contributed by atoms with Crippen molar-refractivity contribution in [1.29, 1.82) is 0 Å². The van der Waals surface area contributed by atoms with Crippen LogP contribution in [0.15, 0.2) is 0 Å². The van der Waals surface area contributed by atoms with Gasteiger partial charge in [0.15, 0.2) is 0 Å². The first-order valence-electron chi connectivity index (χ1n) is 5.89. The van der Waals surface area contributed by atoms with Crippen molar-refractivity contribution in [3.05, 3.63) is 0 Å². The molecule has 2 atom stereocenters. The monoisotopic (exact) mass is 265 g/mol. The smallest absolute Gasteiger partial charge is 0.321 e. The summed E-state index contributed by atoms with van der Waals surface area (Å²) in [7, 11) is 0. The lowest BCUT2D eigenvalue weighted by atomic mass is 10.3. The average Bonchev–Trinajstić information content (AvgIpc) is 2.28. The van der Waals surface area contributed by atoms with Crippen LogP contribution in [-0.4, -0.2) is 53.0 Å². The second-order valence-electron chi connectivity index (χ2n) is 3.92. The first kappa shape index (κ1) is 16.7. The molecule has 0 heterocycles. The zero-order valence-corrected chi connectivity index (χ0v) is 11.1. The Hall–Kier alpha value is -0.300. The number of thioether (sulfide) groups is 1. The lowest BCUT2D eigenvalue weighted by molar-refractivity contribution is -0.137. The van der Waals surface area contributed by atoms with Crippen LogP contribution >= 0.6 is 11.8 Å². The van der Waals surface area contributed by atoms with Crippen molar-refractivity contribution < 1.29 is 19.7 Å². The second kappa shape index (κ2) is 10.8. The summed E-state index contributed by atoms with van der Waals surface area (Å²) in [5.41, 5.74) is 5.32. The van der Waals surface area contributed by atoms with Gasteiger partial charge < -0.3 is 20.7 Å². The molecule has 17 heavy (non-hydrogen) atoms. The molecular formula is C11H23NO4S. The van der Waals surface area contributed by atoms with Gasteiger partial charge in [-0.3, -0.25) is 4.79 Å². The topological polar surface area (TPSA) is 92.8 Å². The molecule has 0 radical (unpaired) electrons. The van der Waals surface area contributed by atoms with Crippen LogP contribution in [0.1, 0.15) is 26.2 Å². The van der Waals surface area contributed by atoms with Crippen molar-refractivity contribution in [2.24, 2.45) is 5.73 Å². The molecular weight excluding hydrogens is 242 g/mol. The van der Waals surface area contributed by atoms with Gasteiger partial charge >= 0.3 is 5.97 Å². The number of carbonyl (C=O) groups is 1. The summed E-state index contributed by atoms with van der Waals surface area (Å²) in [5, 5.41) is 18.1. The summed E-state index contributed by atoms with van der Waals surface area (Å²) < 4.78 is 5.29. The molecule has 102 valence electrons. The number of rotatable bonds is 11. The molecule has 0 spiro atoms. The van der Waals surface area contributed by atoms with Crippen molar-refractivity contribution >= 4 is 17.7 Å². The van der Waals surface area contributed by atoms with Gasteiger partial charge in [0.2, 0.25) is 0 Å². The van der Waals surface area contributed by atoms with Crippen LogP contribution in [0, 0.1) is 0 Å². The van der Waals surface area contributed by atoms with Gasteiger partial charge in [-0.25, -0.2) is 0 Å². The van der Waals surface area contributed by atoms with Crippen LogP contribution in [0.25, 0.3) is 0 Å². The van der Waals surface area contributed by atoms with Gasteiger partial charge in [-0.1, -0.05) is 19.8 Å². The highest BCUT2D eigenvalue weighted by Crippen LogP contribution is 2.05. The summed E-state index contributed by atoms with van der Waals surface area (Å²) in [4.78, 5) is 10.4. The minimum absolute atomic E-state index is 0.305. The molecule has 0 aromatic rings. The second-order valence-corrected chi connectivity index (χ2v) is 4.99. The van der Waals surface area contributed by atoms with Crippen LogP contribution in [0.3, 0.4) is 0 Å². The van der Waals surface area contributed by atoms with Gasteiger partial charge in [-0.15, -0.1) is 0 Å². The maximum Gasteiger partial charge on any atom is 0.321 e. The van der Waals surface area contributed by atoms with E-state index in [1.54, 1.807) is 0 Å². The number of carboxylic acids is 1. The minimum Gasteiger partial charge on any atom is -0.480 e. The highest BCUT2D eigenvalue weighted by molar-refractivity contribution is 7.99. The Morgan fingerprint density at radius 1 is 1.41 bits per heavy atom. The van der Waals surface area contributed by atoms with Crippen molar-refractivity contribution in [1.82, 2.24) is 0 Å².